The molecule has 42 heavy (non-hydrogen) atoms. The summed E-state index contributed by atoms with van der Waals surface area (Å²) in [5.74, 6) is -2.94. The van der Waals surface area contributed by atoms with Crippen LogP contribution in [0.25, 0.3) is 0 Å². The van der Waals surface area contributed by atoms with Gasteiger partial charge in [-0.25, -0.2) is 14.5 Å². The lowest BCUT2D eigenvalue weighted by atomic mass is 10.2. The number of nitrogens with zero attached hydrogens (tertiary/aromatic N) is 5. The Morgan fingerprint density at radius 3 is 2.36 bits per heavy atom. The topological polar surface area (TPSA) is 149 Å². The highest BCUT2D eigenvalue weighted by molar-refractivity contribution is 6.30. The predicted octanol–water partition coefficient (Wildman–Crippen LogP) is 4.25. The van der Waals surface area contributed by atoms with Crippen LogP contribution < -0.4 is 20.6 Å². The summed E-state index contributed by atoms with van der Waals surface area (Å²) in [6.45, 7) is 0.424. The molecule has 0 aliphatic heterocycles. The maximum atomic E-state index is 13.9. The van der Waals surface area contributed by atoms with Crippen molar-refractivity contribution in [2.45, 2.75) is 26.2 Å². The van der Waals surface area contributed by atoms with Crippen LogP contribution in [-0.4, -0.2) is 37.5 Å². The third-order valence-corrected chi connectivity index (χ3v) is 6.09. The summed E-state index contributed by atoms with van der Waals surface area (Å²) in [7, 11) is 1.47. The van der Waals surface area contributed by atoms with Crippen molar-refractivity contribution >= 4 is 17.6 Å². The zero-order chi connectivity index (χ0) is 30.8. The van der Waals surface area contributed by atoms with Crippen molar-refractivity contribution in [3.8, 4) is 23.3 Å². The van der Waals surface area contributed by atoms with Crippen molar-refractivity contribution in [1.82, 2.24) is 19.3 Å². The van der Waals surface area contributed by atoms with Crippen molar-refractivity contribution in [3.05, 3.63) is 108 Å². The molecule has 2 aromatic heterocycles. The molecule has 4 aromatic rings. The number of benzene rings is 2. The largest absolute Gasteiger partial charge is 0.497 e. The zero-order valence-corrected chi connectivity index (χ0v) is 22.5. The van der Waals surface area contributed by atoms with E-state index in [0.717, 1.165) is 34.4 Å². The van der Waals surface area contributed by atoms with E-state index in [1.165, 1.54) is 13.2 Å². The summed E-state index contributed by atoms with van der Waals surface area (Å²) in [5.41, 5.74) is -4.10. The average Bonchev–Trinajstić information content (AvgIpc) is 2.93. The van der Waals surface area contributed by atoms with Crippen LogP contribution in [0.4, 0.5) is 13.2 Å². The van der Waals surface area contributed by atoms with Gasteiger partial charge in [0.15, 0.2) is 5.69 Å². The number of halogens is 4. The molecule has 0 fully saturated rings. The molecule has 11 nitrogen and oxygen atoms in total. The Hall–Kier alpha value is -5.16. The van der Waals surface area contributed by atoms with Crippen molar-refractivity contribution in [2.24, 2.45) is 0 Å². The van der Waals surface area contributed by atoms with E-state index in [4.69, 9.17) is 26.3 Å². The monoisotopic (exact) mass is 601 g/mol. The second-order valence-electron chi connectivity index (χ2n) is 8.78. The van der Waals surface area contributed by atoms with Gasteiger partial charge in [-0.05, 0) is 48.9 Å². The highest BCUT2D eigenvalue weighted by Crippen LogP contribution is 2.35. The number of aromatic carboxylic acids is 1. The molecule has 216 valence electrons. The van der Waals surface area contributed by atoms with Crippen LogP contribution in [0, 0.1) is 18.3 Å². The van der Waals surface area contributed by atoms with E-state index >= 15 is 0 Å². The SMILES string of the molecule is COc1ccc(Cn2nc(Cn3c(C)nc(C(F)(F)F)c(Oc4cc(Cl)cc(C#N)c4)c3=O)cc(C(=O)O)c2=O)cc1. The van der Waals surface area contributed by atoms with E-state index in [1.807, 2.05) is 0 Å². The Morgan fingerprint density at radius 2 is 1.76 bits per heavy atom. The number of rotatable bonds is 8. The fourth-order valence-corrected chi connectivity index (χ4v) is 4.14. The van der Waals surface area contributed by atoms with Gasteiger partial charge in [-0.1, -0.05) is 23.7 Å². The van der Waals surface area contributed by atoms with Gasteiger partial charge in [-0.15, -0.1) is 0 Å². The van der Waals surface area contributed by atoms with Crippen LogP contribution in [0.15, 0.2) is 58.1 Å². The Bertz CT molecular complexity index is 1850. The highest BCUT2D eigenvalue weighted by Gasteiger charge is 2.39. The Morgan fingerprint density at radius 1 is 1.07 bits per heavy atom. The number of methoxy groups -OCH3 is 1. The molecule has 0 amide bonds. The molecular formula is C27H19ClF3N5O6. The van der Waals surface area contributed by atoms with Crippen molar-refractivity contribution in [1.29, 1.82) is 5.26 Å². The van der Waals surface area contributed by atoms with Gasteiger partial charge in [0, 0.05) is 5.02 Å². The minimum atomic E-state index is -5.10. The van der Waals surface area contributed by atoms with Gasteiger partial charge in [0.25, 0.3) is 11.1 Å². The van der Waals surface area contributed by atoms with E-state index in [0.29, 0.717) is 11.3 Å². The van der Waals surface area contributed by atoms with Gasteiger partial charge in [0.05, 0.1) is 37.5 Å². The molecule has 0 atom stereocenters. The molecule has 0 saturated carbocycles. The standard InChI is InChI=1S/C27H19ClF3N5O6/c1-14-33-23(27(29,30)31)22(42-20-8-16(11-32)7-17(28)9-20)25(38)35(14)13-18-10-21(26(39)40)24(37)36(34-18)12-15-3-5-19(41-2)6-4-15/h3-10H,12-13H2,1-2H3,(H,39,40). The number of carboxylic acid groups (broad SMARTS) is 1. The minimum absolute atomic E-state index is 0.0254. The Balaban J connectivity index is 1.82. The smallest absolute Gasteiger partial charge is 0.437 e. The van der Waals surface area contributed by atoms with Crippen molar-refractivity contribution in [2.75, 3.05) is 7.11 Å². The first-order valence-electron chi connectivity index (χ1n) is 11.8. The number of hydrogen-bond acceptors (Lipinski definition) is 8. The number of carboxylic acids is 1. The molecule has 1 N–H and O–H groups in total. The van der Waals surface area contributed by atoms with Gasteiger partial charge < -0.3 is 14.6 Å². The summed E-state index contributed by atoms with van der Waals surface area (Å²) in [4.78, 5) is 41.6. The highest BCUT2D eigenvalue weighted by atomic mass is 35.5. The number of ether oxygens (including phenoxy) is 2. The Labute approximate surface area is 239 Å². The van der Waals surface area contributed by atoms with Gasteiger partial charge in [-0.3, -0.25) is 14.2 Å². The second kappa shape index (κ2) is 11.8. The summed E-state index contributed by atoms with van der Waals surface area (Å²) in [6.07, 6.45) is -5.10. The van der Waals surface area contributed by atoms with E-state index in [1.54, 1.807) is 30.3 Å². The molecule has 0 aliphatic carbocycles. The van der Waals surface area contributed by atoms with E-state index in [-0.39, 0.29) is 28.6 Å². The maximum Gasteiger partial charge on any atom is 0.437 e. The molecule has 2 heterocycles. The van der Waals surface area contributed by atoms with Crippen LogP contribution in [0.1, 0.15) is 38.7 Å². The molecule has 0 aliphatic rings. The lowest BCUT2D eigenvalue weighted by Crippen LogP contribution is -2.33. The third kappa shape index (κ3) is 6.42. The fraction of sp³-hybridized carbons (Fsp3) is 0.185. The molecule has 0 unspecified atom stereocenters. The van der Waals surface area contributed by atoms with Gasteiger partial charge in [0.2, 0.25) is 5.75 Å². The van der Waals surface area contributed by atoms with Crippen LogP contribution >= 0.6 is 11.6 Å². The Kier molecular flexibility index (Phi) is 8.34. The number of aromatic nitrogens is 4. The van der Waals surface area contributed by atoms with Crippen molar-refractivity contribution in [3.63, 3.8) is 0 Å². The van der Waals surface area contributed by atoms with Crippen LogP contribution in [0.5, 0.6) is 17.2 Å². The van der Waals surface area contributed by atoms with Gasteiger partial charge >= 0.3 is 12.1 Å². The van der Waals surface area contributed by atoms with E-state index in [2.05, 4.69) is 10.1 Å². The zero-order valence-electron chi connectivity index (χ0n) is 21.8. The number of hydrogen-bond donors (Lipinski definition) is 1. The van der Waals surface area contributed by atoms with Crippen LogP contribution in [-0.2, 0) is 19.3 Å². The number of aryl methyl sites for hydroxylation is 1. The summed E-state index contributed by atoms with van der Waals surface area (Å²) in [5, 5.41) is 22.9. The van der Waals surface area contributed by atoms with Crippen LogP contribution in [0.2, 0.25) is 5.02 Å². The second-order valence-corrected chi connectivity index (χ2v) is 9.22. The maximum absolute atomic E-state index is 13.9. The fourth-order valence-electron chi connectivity index (χ4n) is 3.92. The number of alkyl halides is 3. The molecule has 0 bridgehead atoms. The lowest BCUT2D eigenvalue weighted by molar-refractivity contribution is -0.142. The molecule has 2 aromatic carbocycles. The lowest BCUT2D eigenvalue weighted by Gasteiger charge is -2.17. The molecule has 4 rings (SSSR count). The molecule has 0 spiro atoms. The first kappa shape index (κ1) is 29.8. The van der Waals surface area contributed by atoms with Crippen molar-refractivity contribution < 1.29 is 32.5 Å². The van der Waals surface area contributed by atoms with Gasteiger partial charge in [0.1, 0.15) is 22.9 Å². The molecule has 0 radical (unpaired) electrons. The first-order chi connectivity index (χ1) is 19.8. The minimum Gasteiger partial charge on any atom is -0.497 e. The number of carbonyl (C=O) groups is 1. The quantitative estimate of drug-likeness (QED) is 0.313. The van der Waals surface area contributed by atoms with Crippen LogP contribution in [0.3, 0.4) is 0 Å². The van der Waals surface area contributed by atoms with E-state index in [9.17, 15) is 32.7 Å². The summed E-state index contributed by atoms with van der Waals surface area (Å²) >= 11 is 5.93. The first-order valence-corrected chi connectivity index (χ1v) is 12.2. The normalized spacial score (nSPS) is 11.2. The molecular weight excluding hydrogens is 583 g/mol. The predicted molar refractivity (Wildman–Crippen MR) is 141 cm³/mol. The third-order valence-electron chi connectivity index (χ3n) is 5.87. The average molecular weight is 602 g/mol. The molecule has 15 heteroatoms. The molecule has 0 saturated heterocycles. The van der Waals surface area contributed by atoms with E-state index < -0.39 is 52.6 Å². The summed E-state index contributed by atoms with van der Waals surface area (Å²) < 4.78 is 53.7. The van der Waals surface area contributed by atoms with Gasteiger partial charge in [-0.2, -0.15) is 23.5 Å². The number of nitriles is 1. The summed E-state index contributed by atoms with van der Waals surface area (Å²) in [6, 6.07) is 12.7.